The predicted octanol–water partition coefficient (Wildman–Crippen LogP) is 0.404. The van der Waals surface area contributed by atoms with Crippen LogP contribution in [0.2, 0.25) is 0 Å². The molecule has 2 aliphatic rings. The summed E-state index contributed by atoms with van der Waals surface area (Å²) >= 11 is 0. The summed E-state index contributed by atoms with van der Waals surface area (Å²) in [7, 11) is 0. The van der Waals surface area contributed by atoms with Gasteiger partial charge in [-0.25, -0.2) is 9.98 Å². The maximum absolute atomic E-state index is 6.25. The van der Waals surface area contributed by atoms with Crippen LogP contribution >= 0.6 is 0 Å². The largest absolute Gasteiger partial charge is 2.00 e. The maximum Gasteiger partial charge on any atom is 2.00 e. The first-order chi connectivity index (χ1) is 15.1. The van der Waals surface area contributed by atoms with E-state index in [2.05, 4.69) is 76.2 Å². The summed E-state index contributed by atoms with van der Waals surface area (Å²) in [5, 5.41) is 0. The van der Waals surface area contributed by atoms with Gasteiger partial charge in [-0.15, -0.1) is 0 Å². The first-order valence-corrected chi connectivity index (χ1v) is 11.8. The molecule has 0 amide bonds. The van der Waals surface area contributed by atoms with Crippen LogP contribution in [0.4, 0.5) is 0 Å². The summed E-state index contributed by atoms with van der Waals surface area (Å²) in [6.07, 6.45) is 4.57. The minimum Gasteiger partial charge on any atom is -1.00 e. The third kappa shape index (κ3) is 7.03. The zero-order chi connectivity index (χ0) is 21.8. The van der Waals surface area contributed by atoms with E-state index >= 15 is 0 Å². The molecule has 4 nitrogen and oxygen atoms in total. The fourth-order valence-electron chi connectivity index (χ4n) is 4.51. The molecule has 0 spiro atoms. The first-order valence-electron chi connectivity index (χ1n) is 11.8. The smallest absolute Gasteiger partial charge is 1.00 e. The summed E-state index contributed by atoms with van der Waals surface area (Å²) in [6.45, 7) is 8.69. The van der Waals surface area contributed by atoms with Crippen LogP contribution in [0.3, 0.4) is 0 Å². The van der Waals surface area contributed by atoms with E-state index in [1.807, 2.05) is 0 Å². The number of nitrogens with zero attached hydrogens (tertiary/aromatic N) is 2. The molecule has 7 heteroatoms. The molecule has 0 aliphatic carbocycles. The van der Waals surface area contributed by atoms with E-state index in [1.165, 1.54) is 22.3 Å². The quantitative estimate of drug-likeness (QED) is 0.379. The molecule has 0 saturated heterocycles. The van der Waals surface area contributed by atoms with Crippen molar-refractivity contribution in [3.8, 4) is 0 Å². The molecule has 0 saturated carbocycles. The molecule has 34 heavy (non-hydrogen) atoms. The van der Waals surface area contributed by atoms with Gasteiger partial charge < -0.3 is 43.4 Å². The van der Waals surface area contributed by atoms with Crippen molar-refractivity contribution >= 4 is 11.8 Å². The number of aliphatic imine (C=N–C) groups is 2. The second-order valence-electron chi connectivity index (χ2n) is 8.44. The van der Waals surface area contributed by atoms with E-state index in [0.29, 0.717) is 6.42 Å². The molecular weight excluding hydrogens is 651 g/mol. The minimum atomic E-state index is 0. The molecule has 2 heterocycles. The molecule has 4 atom stereocenters. The van der Waals surface area contributed by atoms with Crippen LogP contribution in [0.1, 0.15) is 81.3 Å². The Balaban J connectivity index is 0.00000193. The number of hydrogen-bond donors (Lipinski definition) is 0. The Morgan fingerprint density at radius 1 is 0.676 bits per heavy atom. The first kappa shape index (κ1) is 31.0. The summed E-state index contributed by atoms with van der Waals surface area (Å²) < 4.78 is 12.5. The Morgan fingerprint density at radius 2 is 1.09 bits per heavy atom. The average molecular weight is 685 g/mol. The van der Waals surface area contributed by atoms with E-state index in [0.717, 1.165) is 37.5 Å². The summed E-state index contributed by atoms with van der Waals surface area (Å²) in [5.74, 6) is 1.49. The summed E-state index contributed by atoms with van der Waals surface area (Å²) in [6, 6.07) is 17.5. The van der Waals surface area contributed by atoms with Crippen LogP contribution in [-0.4, -0.2) is 24.0 Å². The monoisotopic (exact) mass is 682 g/mol. The average Bonchev–Trinajstić information content (AvgIpc) is 3.43. The number of ether oxygens (including phenoxy) is 2. The number of hydrogen-bond acceptors (Lipinski definition) is 4. The van der Waals surface area contributed by atoms with Gasteiger partial charge in [-0.3, -0.25) is 0 Å². The zero-order valence-electron chi connectivity index (χ0n) is 20.2. The molecule has 2 aliphatic heterocycles. The molecule has 2 unspecified atom stereocenters. The van der Waals surface area contributed by atoms with Gasteiger partial charge in [0.25, 0.3) is 0 Å². The number of aryl methyl sites for hydroxylation is 2. The maximum atomic E-state index is 6.25. The predicted molar refractivity (Wildman–Crippen MR) is 127 cm³/mol. The Labute approximate surface area is 239 Å². The van der Waals surface area contributed by atoms with Gasteiger partial charge >= 0.3 is 20.4 Å². The van der Waals surface area contributed by atoms with Gasteiger partial charge in [0.1, 0.15) is 24.3 Å². The van der Waals surface area contributed by atoms with Crippen molar-refractivity contribution in [3.05, 3.63) is 70.8 Å². The fourth-order valence-corrected chi connectivity index (χ4v) is 4.51. The van der Waals surface area contributed by atoms with Crippen molar-refractivity contribution in [1.82, 2.24) is 0 Å². The SMILES string of the molecule is CCc1cccc([C@H]2N=C(CC3=N[C@H](c4cccc(CC)c4)C(CC)O3)OC2CC)c1.[Br-].[Br-].[Pd+2]. The molecule has 2 aromatic rings. The molecule has 0 aromatic heterocycles. The van der Waals surface area contributed by atoms with Gasteiger partial charge in [0.15, 0.2) is 11.8 Å². The van der Waals surface area contributed by atoms with Crippen LogP contribution in [0.15, 0.2) is 58.5 Å². The van der Waals surface area contributed by atoms with Gasteiger partial charge in [-0.2, -0.15) is 0 Å². The van der Waals surface area contributed by atoms with Crippen molar-refractivity contribution in [3.63, 3.8) is 0 Å². The molecule has 0 N–H and O–H groups in total. The molecular formula is C27H34Br2N2O2Pd. The van der Waals surface area contributed by atoms with Gasteiger partial charge in [0.05, 0.1) is 6.42 Å². The molecule has 0 fully saturated rings. The zero-order valence-corrected chi connectivity index (χ0v) is 25.0. The van der Waals surface area contributed by atoms with Crippen LogP contribution in [0, 0.1) is 0 Å². The second-order valence-corrected chi connectivity index (χ2v) is 8.44. The van der Waals surface area contributed by atoms with Crippen molar-refractivity contribution in [1.29, 1.82) is 0 Å². The summed E-state index contributed by atoms with van der Waals surface area (Å²) in [5.41, 5.74) is 5.14. The summed E-state index contributed by atoms with van der Waals surface area (Å²) in [4.78, 5) is 9.92. The van der Waals surface area contributed by atoms with Gasteiger partial charge in [-0.1, -0.05) is 76.2 Å². The van der Waals surface area contributed by atoms with E-state index in [1.54, 1.807) is 0 Å². The topological polar surface area (TPSA) is 43.2 Å². The van der Waals surface area contributed by atoms with E-state index in [-0.39, 0.29) is 78.7 Å². The van der Waals surface area contributed by atoms with Crippen molar-refractivity contribution in [2.24, 2.45) is 9.98 Å². The van der Waals surface area contributed by atoms with Crippen LogP contribution < -0.4 is 34.0 Å². The Kier molecular flexibility index (Phi) is 13.3. The second kappa shape index (κ2) is 14.5. The van der Waals surface area contributed by atoms with Crippen LogP contribution in [0.5, 0.6) is 0 Å². The molecule has 2 aromatic carbocycles. The Hall–Kier alpha value is -0.998. The third-order valence-electron chi connectivity index (χ3n) is 6.35. The van der Waals surface area contributed by atoms with Gasteiger partial charge in [-0.05, 0) is 47.9 Å². The van der Waals surface area contributed by atoms with Gasteiger partial charge in [0.2, 0.25) is 0 Å². The fraction of sp³-hybridized carbons (Fsp3) is 0.481. The molecule has 0 radical (unpaired) electrons. The molecule has 4 rings (SSSR count). The normalized spacial score (nSPS) is 22.8. The van der Waals surface area contributed by atoms with Crippen molar-refractivity contribution in [2.45, 2.75) is 84.1 Å². The van der Waals surface area contributed by atoms with Crippen LogP contribution in [0.25, 0.3) is 0 Å². The Morgan fingerprint density at radius 3 is 1.44 bits per heavy atom. The number of benzene rings is 2. The Bertz CT molecular complexity index is 905. The van der Waals surface area contributed by atoms with Gasteiger partial charge in [0, 0.05) is 0 Å². The standard InChI is InChI=1S/C27H34N2O2.2BrH.Pd/c1-5-18-11-9-13-20(15-18)26-22(7-3)30-24(28-26)17-25-29-27(23(8-4)31-25)21-14-10-12-19(6-2)16-21;;;/h9-16,22-23,26-27H,5-8,17H2,1-4H3;2*1H;/q;;;+2/p-2/t22?,23?,26-,27-;;;/m1.../s1. The van der Waals surface area contributed by atoms with Crippen LogP contribution in [-0.2, 0) is 42.7 Å². The van der Waals surface area contributed by atoms with Crippen molar-refractivity contribution < 1.29 is 63.9 Å². The van der Waals surface area contributed by atoms with E-state index in [9.17, 15) is 0 Å². The van der Waals surface area contributed by atoms with Crippen molar-refractivity contribution in [2.75, 3.05) is 0 Å². The molecule has 0 bridgehead atoms. The van der Waals surface area contributed by atoms with E-state index in [4.69, 9.17) is 19.5 Å². The minimum absolute atomic E-state index is 0. The third-order valence-corrected chi connectivity index (χ3v) is 6.35. The number of rotatable bonds is 8. The number of halogens is 2. The molecule has 188 valence electrons. The van der Waals surface area contributed by atoms with E-state index < -0.39 is 0 Å².